The lowest BCUT2D eigenvalue weighted by molar-refractivity contribution is 0.0910. The summed E-state index contributed by atoms with van der Waals surface area (Å²) in [6.45, 7) is 6.04. The molecule has 21 heavy (non-hydrogen) atoms. The zero-order chi connectivity index (χ0) is 15.2. The number of carbonyl (C=O) groups excluding carboxylic acids is 1. The third-order valence-corrected chi connectivity index (χ3v) is 4.21. The molecule has 2 rings (SSSR count). The van der Waals surface area contributed by atoms with Gasteiger partial charge in [0.2, 0.25) is 0 Å². The maximum Gasteiger partial charge on any atom is 0.263 e. The fraction of sp³-hybridized carbons (Fsp3) is 0.467. The van der Waals surface area contributed by atoms with Crippen LogP contribution in [0.5, 0.6) is 0 Å². The molecule has 114 valence electrons. The normalized spacial score (nSPS) is 11.2. The van der Waals surface area contributed by atoms with Gasteiger partial charge in [0.1, 0.15) is 9.71 Å². The molecule has 6 heteroatoms. The fourth-order valence-corrected chi connectivity index (χ4v) is 2.84. The van der Waals surface area contributed by atoms with Crippen molar-refractivity contribution in [2.24, 2.45) is 5.92 Å². The predicted molar refractivity (Wildman–Crippen MR) is 86.6 cm³/mol. The van der Waals surface area contributed by atoms with Crippen LogP contribution in [-0.4, -0.2) is 30.6 Å². The quantitative estimate of drug-likeness (QED) is 0.771. The molecule has 1 amide bonds. The zero-order valence-electron chi connectivity index (χ0n) is 12.4. The van der Waals surface area contributed by atoms with Crippen molar-refractivity contribution < 1.29 is 9.53 Å². The predicted octanol–water partition coefficient (Wildman–Crippen LogP) is 2.67. The third-order valence-electron chi connectivity index (χ3n) is 3.08. The SMILES string of the molecule is CC(C)CCOCCNC(=O)c1sc2ncccc2c1N. The van der Waals surface area contributed by atoms with Gasteiger partial charge in [-0.1, -0.05) is 13.8 Å². The van der Waals surface area contributed by atoms with Crippen LogP contribution >= 0.6 is 11.3 Å². The average Bonchev–Trinajstić information content (AvgIpc) is 2.80. The van der Waals surface area contributed by atoms with Crippen LogP contribution in [-0.2, 0) is 4.74 Å². The molecule has 2 aromatic heterocycles. The van der Waals surface area contributed by atoms with Gasteiger partial charge in [-0.25, -0.2) is 4.98 Å². The molecule has 3 N–H and O–H groups in total. The number of rotatable bonds is 7. The first-order valence-electron chi connectivity index (χ1n) is 7.08. The van der Waals surface area contributed by atoms with Gasteiger partial charge in [0.25, 0.3) is 5.91 Å². The maximum atomic E-state index is 12.1. The van der Waals surface area contributed by atoms with Crippen LogP contribution in [0, 0.1) is 5.92 Å². The first-order chi connectivity index (χ1) is 10.1. The van der Waals surface area contributed by atoms with Crippen molar-refractivity contribution in [3.63, 3.8) is 0 Å². The molecule has 0 aliphatic carbocycles. The van der Waals surface area contributed by atoms with Crippen LogP contribution in [0.2, 0.25) is 0 Å². The van der Waals surface area contributed by atoms with Gasteiger partial charge in [0.15, 0.2) is 0 Å². The molecular weight excluding hydrogens is 286 g/mol. The van der Waals surface area contributed by atoms with E-state index < -0.39 is 0 Å². The van der Waals surface area contributed by atoms with Crippen molar-refractivity contribution >= 4 is 33.1 Å². The summed E-state index contributed by atoms with van der Waals surface area (Å²) < 4.78 is 5.46. The van der Waals surface area contributed by atoms with E-state index in [1.54, 1.807) is 6.20 Å². The second kappa shape index (κ2) is 7.38. The molecular formula is C15H21N3O2S. The van der Waals surface area contributed by atoms with E-state index in [0.717, 1.165) is 23.2 Å². The summed E-state index contributed by atoms with van der Waals surface area (Å²) in [7, 11) is 0. The van der Waals surface area contributed by atoms with Crippen LogP contribution in [0.15, 0.2) is 18.3 Å². The number of fused-ring (bicyclic) bond motifs is 1. The maximum absolute atomic E-state index is 12.1. The Hall–Kier alpha value is -1.66. The van der Waals surface area contributed by atoms with Crippen molar-refractivity contribution in [3.8, 4) is 0 Å². The Morgan fingerprint density at radius 2 is 2.29 bits per heavy atom. The third kappa shape index (κ3) is 4.15. The molecule has 0 unspecified atom stereocenters. The Kier molecular flexibility index (Phi) is 5.52. The molecule has 0 spiro atoms. The fourth-order valence-electron chi connectivity index (χ4n) is 1.86. The summed E-state index contributed by atoms with van der Waals surface area (Å²) in [5.41, 5.74) is 6.50. The number of nitrogen functional groups attached to an aromatic ring is 1. The highest BCUT2D eigenvalue weighted by Gasteiger charge is 2.16. The number of nitrogens with two attached hydrogens (primary N) is 1. The molecule has 0 saturated carbocycles. The van der Waals surface area contributed by atoms with Gasteiger partial charge in [-0.3, -0.25) is 4.79 Å². The van der Waals surface area contributed by atoms with Crippen LogP contribution < -0.4 is 11.1 Å². The summed E-state index contributed by atoms with van der Waals surface area (Å²) in [5.74, 6) is 0.466. The van der Waals surface area contributed by atoms with Crippen molar-refractivity contribution in [1.29, 1.82) is 0 Å². The summed E-state index contributed by atoms with van der Waals surface area (Å²) in [5, 5.41) is 3.66. The minimum atomic E-state index is -0.164. The Balaban J connectivity index is 1.84. The van der Waals surface area contributed by atoms with Gasteiger partial charge in [0, 0.05) is 24.7 Å². The van der Waals surface area contributed by atoms with Gasteiger partial charge >= 0.3 is 0 Å². The highest BCUT2D eigenvalue weighted by Crippen LogP contribution is 2.31. The van der Waals surface area contributed by atoms with E-state index >= 15 is 0 Å². The Bertz CT molecular complexity index is 610. The largest absolute Gasteiger partial charge is 0.397 e. The van der Waals surface area contributed by atoms with E-state index in [2.05, 4.69) is 24.1 Å². The summed E-state index contributed by atoms with van der Waals surface area (Å²) in [6, 6.07) is 3.69. The summed E-state index contributed by atoms with van der Waals surface area (Å²) in [4.78, 5) is 17.6. The Morgan fingerprint density at radius 1 is 1.48 bits per heavy atom. The van der Waals surface area contributed by atoms with Crippen molar-refractivity contribution in [1.82, 2.24) is 10.3 Å². The van der Waals surface area contributed by atoms with E-state index in [0.29, 0.717) is 29.6 Å². The molecule has 0 bridgehead atoms. The number of hydrogen-bond donors (Lipinski definition) is 2. The number of amides is 1. The van der Waals surface area contributed by atoms with E-state index in [-0.39, 0.29) is 5.91 Å². The van der Waals surface area contributed by atoms with Crippen molar-refractivity contribution in [3.05, 3.63) is 23.2 Å². The number of carbonyl (C=O) groups is 1. The minimum absolute atomic E-state index is 0.164. The van der Waals surface area contributed by atoms with Gasteiger partial charge in [-0.2, -0.15) is 0 Å². The number of thiophene rings is 1. The standard InChI is InChI=1S/C15H21N3O2S/c1-10(2)5-8-20-9-7-17-14(19)13-12(16)11-4-3-6-18-15(11)21-13/h3-4,6,10H,5,7-9,16H2,1-2H3,(H,17,19). The average molecular weight is 307 g/mol. The number of hydrogen-bond acceptors (Lipinski definition) is 5. The second-order valence-electron chi connectivity index (χ2n) is 5.25. The lowest BCUT2D eigenvalue weighted by Gasteiger charge is -2.07. The molecule has 0 saturated heterocycles. The van der Waals surface area contributed by atoms with E-state index in [1.807, 2.05) is 12.1 Å². The molecule has 0 atom stereocenters. The van der Waals surface area contributed by atoms with Crippen LogP contribution in [0.4, 0.5) is 5.69 Å². The van der Waals surface area contributed by atoms with E-state index in [4.69, 9.17) is 10.5 Å². The molecule has 2 aromatic rings. The summed E-state index contributed by atoms with van der Waals surface area (Å²) in [6.07, 6.45) is 2.73. The van der Waals surface area contributed by atoms with E-state index in [1.165, 1.54) is 11.3 Å². The lowest BCUT2D eigenvalue weighted by Crippen LogP contribution is -2.27. The molecule has 0 aliphatic heterocycles. The molecule has 0 aromatic carbocycles. The van der Waals surface area contributed by atoms with Gasteiger partial charge < -0.3 is 15.8 Å². The van der Waals surface area contributed by atoms with Crippen LogP contribution in [0.25, 0.3) is 10.2 Å². The topological polar surface area (TPSA) is 77.2 Å². The number of aromatic nitrogens is 1. The number of anilines is 1. The van der Waals surface area contributed by atoms with Gasteiger partial charge in [0.05, 0.1) is 12.3 Å². The molecule has 0 radical (unpaired) electrons. The van der Waals surface area contributed by atoms with Crippen molar-refractivity contribution in [2.75, 3.05) is 25.5 Å². The first kappa shape index (κ1) is 15.7. The lowest BCUT2D eigenvalue weighted by atomic mass is 10.1. The monoisotopic (exact) mass is 307 g/mol. The second-order valence-corrected chi connectivity index (χ2v) is 6.25. The summed E-state index contributed by atoms with van der Waals surface area (Å²) >= 11 is 1.32. The van der Waals surface area contributed by atoms with Crippen LogP contribution in [0.3, 0.4) is 0 Å². The minimum Gasteiger partial charge on any atom is -0.397 e. The van der Waals surface area contributed by atoms with Crippen molar-refractivity contribution in [2.45, 2.75) is 20.3 Å². The number of pyridine rings is 1. The highest BCUT2D eigenvalue weighted by atomic mass is 32.1. The number of ether oxygens (including phenoxy) is 1. The first-order valence-corrected chi connectivity index (χ1v) is 7.90. The van der Waals surface area contributed by atoms with Gasteiger partial charge in [-0.15, -0.1) is 11.3 Å². The zero-order valence-corrected chi connectivity index (χ0v) is 13.2. The van der Waals surface area contributed by atoms with Crippen LogP contribution in [0.1, 0.15) is 29.9 Å². The molecule has 0 aliphatic rings. The Labute approximate surface area is 128 Å². The van der Waals surface area contributed by atoms with E-state index in [9.17, 15) is 4.79 Å². The highest BCUT2D eigenvalue weighted by molar-refractivity contribution is 7.21. The molecule has 5 nitrogen and oxygen atoms in total. The number of nitrogens with one attached hydrogen (secondary N) is 1. The Morgan fingerprint density at radius 3 is 3.00 bits per heavy atom. The molecule has 0 fully saturated rings. The van der Waals surface area contributed by atoms with Gasteiger partial charge in [-0.05, 0) is 24.5 Å². The number of nitrogens with zero attached hydrogens (tertiary/aromatic N) is 1. The smallest absolute Gasteiger partial charge is 0.263 e. The molecule has 2 heterocycles.